The molecule has 1 aliphatic carbocycles. The maximum Gasteiger partial charge on any atom is 0.323 e. The molecule has 1 aliphatic heterocycles. The molecule has 3 heterocycles. The fourth-order valence-electron chi connectivity index (χ4n) is 5.90. The van der Waals surface area contributed by atoms with Crippen LogP contribution in [0.5, 0.6) is 0 Å². The Bertz CT molecular complexity index is 2030. The van der Waals surface area contributed by atoms with E-state index in [9.17, 15) is 24.0 Å². The summed E-state index contributed by atoms with van der Waals surface area (Å²) < 4.78 is 1.25. The maximum atomic E-state index is 13.7. The van der Waals surface area contributed by atoms with Crippen molar-refractivity contribution in [2.45, 2.75) is 52.1 Å². The van der Waals surface area contributed by atoms with Gasteiger partial charge in [0.15, 0.2) is 0 Å². The van der Waals surface area contributed by atoms with Crippen molar-refractivity contribution in [3.63, 3.8) is 0 Å². The van der Waals surface area contributed by atoms with Crippen molar-refractivity contribution in [1.29, 1.82) is 0 Å². The molecule has 0 spiro atoms. The zero-order chi connectivity index (χ0) is 35.5. The van der Waals surface area contributed by atoms with Crippen LogP contribution in [0, 0.1) is 12.8 Å². The number of nitrogens with one attached hydrogen (secondary N) is 3. The Morgan fingerprint density at radius 1 is 0.920 bits per heavy atom. The summed E-state index contributed by atoms with van der Waals surface area (Å²) in [5.41, 5.74) is 9.13. The standard InChI is InChI=1S/C36H37ClN8O5/c1-3-45-35(49)30(41-36(50)42-31-20(2)18-39-19-28(31)37)17-29(43-45)23-6-4-5-22(13-23)24-14-25(33(47)40-27-7-8-27)16-26(15-24)34(48)44-11-9-21(10-12-44)32(38)46/h4-6,13-19,21,27H,3,7-12H2,1-2H3,(H2,38,46)(H,40,47)(H2,39,41,42,50). The van der Waals surface area contributed by atoms with E-state index in [2.05, 4.69) is 26.0 Å². The van der Waals surface area contributed by atoms with Gasteiger partial charge in [-0.3, -0.25) is 24.2 Å². The quantitative estimate of drug-likeness (QED) is 0.193. The fraction of sp³-hybridized carbons (Fsp3) is 0.306. The van der Waals surface area contributed by atoms with Gasteiger partial charge in [0.25, 0.3) is 17.4 Å². The number of aromatic nitrogens is 3. The smallest absolute Gasteiger partial charge is 0.323 e. The van der Waals surface area contributed by atoms with E-state index in [4.69, 9.17) is 17.3 Å². The minimum atomic E-state index is -0.663. The van der Waals surface area contributed by atoms with Crippen LogP contribution in [0.15, 0.2) is 65.7 Å². The lowest BCUT2D eigenvalue weighted by atomic mass is 9.94. The van der Waals surface area contributed by atoms with Gasteiger partial charge >= 0.3 is 6.03 Å². The Kier molecular flexibility index (Phi) is 9.95. The van der Waals surface area contributed by atoms with Gasteiger partial charge < -0.3 is 26.6 Å². The Labute approximate surface area is 293 Å². The molecule has 13 nitrogen and oxygen atoms in total. The van der Waals surface area contributed by atoms with E-state index >= 15 is 0 Å². The molecule has 5 amide bonds. The molecule has 0 unspecified atom stereocenters. The number of nitrogens with zero attached hydrogens (tertiary/aromatic N) is 4. The van der Waals surface area contributed by atoms with E-state index in [1.165, 1.54) is 16.9 Å². The normalized spacial score (nSPS) is 14.6. The van der Waals surface area contributed by atoms with Crippen LogP contribution in [-0.2, 0) is 11.3 Å². The van der Waals surface area contributed by atoms with Crippen molar-refractivity contribution in [2.24, 2.45) is 11.7 Å². The summed E-state index contributed by atoms with van der Waals surface area (Å²) in [7, 11) is 0. The molecule has 0 atom stereocenters. The van der Waals surface area contributed by atoms with Crippen LogP contribution >= 0.6 is 11.6 Å². The van der Waals surface area contributed by atoms with Gasteiger partial charge in [-0.1, -0.05) is 29.8 Å². The van der Waals surface area contributed by atoms with Gasteiger partial charge in [0.2, 0.25) is 5.91 Å². The Morgan fingerprint density at radius 2 is 1.64 bits per heavy atom. The summed E-state index contributed by atoms with van der Waals surface area (Å²) >= 11 is 6.22. The average molecular weight is 697 g/mol. The van der Waals surface area contributed by atoms with Crippen LogP contribution in [-0.4, -0.2) is 62.5 Å². The number of primary amides is 1. The predicted molar refractivity (Wildman–Crippen MR) is 190 cm³/mol. The van der Waals surface area contributed by atoms with E-state index in [0.29, 0.717) is 70.7 Å². The Balaban J connectivity index is 1.32. The van der Waals surface area contributed by atoms with Crippen molar-refractivity contribution in [2.75, 3.05) is 23.7 Å². The summed E-state index contributed by atoms with van der Waals surface area (Å²) in [4.78, 5) is 70.5. The number of nitrogens with two attached hydrogens (primary N) is 1. The Hall–Kier alpha value is -5.56. The minimum Gasteiger partial charge on any atom is -0.369 e. The molecule has 2 aromatic carbocycles. The van der Waals surface area contributed by atoms with Gasteiger partial charge in [-0.25, -0.2) is 9.48 Å². The molecular weight excluding hydrogens is 660 g/mol. The summed E-state index contributed by atoms with van der Waals surface area (Å²) in [5.74, 6) is -1.13. The SMILES string of the molecule is CCn1nc(-c2cccc(-c3cc(C(=O)NC4CC4)cc(C(=O)N4CCC(C(N)=O)CC4)c3)c2)cc(NC(=O)Nc2c(C)cncc2Cl)c1=O. The van der Waals surface area contributed by atoms with Crippen molar-refractivity contribution < 1.29 is 19.2 Å². The third-order valence-electron chi connectivity index (χ3n) is 8.88. The summed E-state index contributed by atoms with van der Waals surface area (Å²) in [6.07, 6.45) is 5.77. The highest BCUT2D eigenvalue weighted by molar-refractivity contribution is 6.33. The number of anilines is 2. The molecule has 50 heavy (non-hydrogen) atoms. The molecule has 2 aromatic heterocycles. The molecule has 2 aliphatic rings. The second-order valence-electron chi connectivity index (χ2n) is 12.6. The van der Waals surface area contributed by atoms with Crippen molar-refractivity contribution >= 4 is 46.7 Å². The number of pyridine rings is 1. The molecule has 0 radical (unpaired) electrons. The van der Waals surface area contributed by atoms with Crippen LogP contribution in [0.25, 0.3) is 22.4 Å². The van der Waals surface area contributed by atoms with Crippen LogP contribution in [0.3, 0.4) is 0 Å². The molecule has 258 valence electrons. The fourth-order valence-corrected chi connectivity index (χ4v) is 6.15. The summed E-state index contributed by atoms with van der Waals surface area (Å²) in [6, 6.07) is 13.4. The van der Waals surface area contributed by atoms with E-state index in [0.717, 1.165) is 12.8 Å². The lowest BCUT2D eigenvalue weighted by Gasteiger charge is -2.30. The van der Waals surface area contributed by atoms with Crippen LogP contribution in [0.4, 0.5) is 16.2 Å². The first-order valence-corrected chi connectivity index (χ1v) is 16.8. The number of urea groups is 1. The zero-order valence-electron chi connectivity index (χ0n) is 27.7. The lowest BCUT2D eigenvalue weighted by Crippen LogP contribution is -2.41. The second-order valence-corrected chi connectivity index (χ2v) is 13.0. The molecule has 6 rings (SSSR count). The molecular formula is C36H37ClN8O5. The monoisotopic (exact) mass is 696 g/mol. The van der Waals surface area contributed by atoms with Gasteiger partial charge in [0.1, 0.15) is 5.69 Å². The number of likely N-dealkylation sites (tertiary alicyclic amines) is 1. The Morgan fingerprint density at radius 3 is 2.32 bits per heavy atom. The molecule has 2 fully saturated rings. The van der Waals surface area contributed by atoms with Gasteiger partial charge in [-0.15, -0.1) is 0 Å². The third kappa shape index (κ3) is 7.68. The second kappa shape index (κ2) is 14.5. The van der Waals surface area contributed by atoms with E-state index < -0.39 is 11.6 Å². The number of hydrogen-bond donors (Lipinski definition) is 4. The third-order valence-corrected chi connectivity index (χ3v) is 9.17. The lowest BCUT2D eigenvalue weighted by molar-refractivity contribution is -0.123. The first-order valence-electron chi connectivity index (χ1n) is 16.5. The van der Waals surface area contributed by atoms with Crippen molar-refractivity contribution in [3.8, 4) is 22.4 Å². The predicted octanol–water partition coefficient (Wildman–Crippen LogP) is 4.83. The van der Waals surface area contributed by atoms with Crippen LogP contribution in [0.2, 0.25) is 5.02 Å². The van der Waals surface area contributed by atoms with E-state index in [-0.39, 0.29) is 46.9 Å². The zero-order valence-corrected chi connectivity index (χ0v) is 28.4. The molecule has 1 saturated carbocycles. The molecule has 14 heteroatoms. The topological polar surface area (TPSA) is 181 Å². The highest BCUT2D eigenvalue weighted by atomic mass is 35.5. The number of aryl methyl sites for hydroxylation is 2. The number of piperidine rings is 1. The first kappa shape index (κ1) is 34.3. The summed E-state index contributed by atoms with van der Waals surface area (Å²) in [6.45, 7) is 4.54. The number of rotatable bonds is 9. The molecule has 0 bridgehead atoms. The molecule has 5 N–H and O–H groups in total. The number of carbonyl (C=O) groups is 4. The number of hydrogen-bond acceptors (Lipinski definition) is 7. The minimum absolute atomic E-state index is 0.00863. The highest BCUT2D eigenvalue weighted by Crippen LogP contribution is 2.30. The average Bonchev–Trinajstić information content (AvgIpc) is 3.94. The number of halogens is 1. The van der Waals surface area contributed by atoms with Crippen LogP contribution < -0.4 is 27.2 Å². The van der Waals surface area contributed by atoms with Gasteiger partial charge in [0, 0.05) is 60.7 Å². The molecule has 1 saturated heterocycles. The number of amides is 5. The van der Waals surface area contributed by atoms with Crippen molar-refractivity contribution in [1.82, 2.24) is 25.0 Å². The van der Waals surface area contributed by atoms with Crippen LogP contribution in [0.1, 0.15) is 58.9 Å². The van der Waals surface area contributed by atoms with Crippen molar-refractivity contribution in [3.05, 3.63) is 93.0 Å². The van der Waals surface area contributed by atoms with Gasteiger partial charge in [-0.2, -0.15) is 5.10 Å². The largest absolute Gasteiger partial charge is 0.369 e. The van der Waals surface area contributed by atoms with Gasteiger partial charge in [-0.05, 0) is 86.6 Å². The van der Waals surface area contributed by atoms with Gasteiger partial charge in [0.05, 0.1) is 16.4 Å². The summed E-state index contributed by atoms with van der Waals surface area (Å²) in [5, 5.41) is 13.1. The van der Waals surface area contributed by atoms with E-state index in [1.807, 2.05) is 24.3 Å². The first-order chi connectivity index (χ1) is 24.0. The number of carbonyl (C=O) groups excluding carboxylic acids is 4. The van der Waals surface area contributed by atoms with E-state index in [1.54, 1.807) is 43.1 Å². The highest BCUT2D eigenvalue weighted by Gasteiger charge is 2.28. The maximum absolute atomic E-state index is 13.7. The number of benzene rings is 2. The molecule has 4 aromatic rings.